The maximum Gasteiger partial charge on any atom is 0.245 e. The van der Waals surface area contributed by atoms with Crippen molar-refractivity contribution in [2.24, 2.45) is 0 Å². The number of amides is 1. The molecule has 104 valence electrons. The average molecular weight is 266 g/mol. The van der Waals surface area contributed by atoms with Gasteiger partial charge in [-0.2, -0.15) is 0 Å². The van der Waals surface area contributed by atoms with Gasteiger partial charge in [0.15, 0.2) is 0 Å². The highest BCUT2D eigenvalue weighted by Crippen LogP contribution is 2.33. The minimum atomic E-state index is -0.786. The van der Waals surface area contributed by atoms with Crippen LogP contribution in [0.15, 0.2) is 18.2 Å². The predicted molar refractivity (Wildman–Crippen MR) is 71.5 cm³/mol. The topological polar surface area (TPSA) is 52.6 Å². The molecule has 1 aromatic carbocycles. The standard InChI is InChI=1S/C14H19FN2O2/c1-9(18)11-8-10(15)4-5-12(11)17-7-6-16-13(19)14(17,2)3/h4-5,8-9,18H,6-7H2,1-3H3,(H,16,19). The first-order valence-electron chi connectivity index (χ1n) is 6.37. The van der Waals surface area contributed by atoms with E-state index in [1.807, 2.05) is 18.7 Å². The third-order valence-corrected chi connectivity index (χ3v) is 3.58. The lowest BCUT2D eigenvalue weighted by atomic mass is 9.95. The Bertz CT molecular complexity index is 500. The summed E-state index contributed by atoms with van der Waals surface area (Å²) in [5.74, 6) is -0.460. The number of nitrogens with zero attached hydrogens (tertiary/aromatic N) is 1. The Morgan fingerprint density at radius 3 is 2.79 bits per heavy atom. The molecule has 1 fully saturated rings. The third-order valence-electron chi connectivity index (χ3n) is 3.58. The zero-order valence-electron chi connectivity index (χ0n) is 11.4. The van der Waals surface area contributed by atoms with Gasteiger partial charge >= 0.3 is 0 Å². The summed E-state index contributed by atoms with van der Waals surface area (Å²) in [6.45, 7) is 6.39. The first-order chi connectivity index (χ1) is 8.84. The number of hydrogen-bond acceptors (Lipinski definition) is 3. The second-order valence-electron chi connectivity index (χ2n) is 5.35. The first-order valence-corrected chi connectivity index (χ1v) is 6.37. The quantitative estimate of drug-likeness (QED) is 0.854. The molecule has 1 aliphatic rings. The maximum atomic E-state index is 13.3. The molecule has 0 aromatic heterocycles. The molecule has 2 rings (SSSR count). The van der Waals surface area contributed by atoms with E-state index >= 15 is 0 Å². The minimum Gasteiger partial charge on any atom is -0.389 e. The van der Waals surface area contributed by atoms with Crippen molar-refractivity contribution < 1.29 is 14.3 Å². The minimum absolute atomic E-state index is 0.0698. The summed E-state index contributed by atoms with van der Waals surface area (Å²) in [5.41, 5.74) is 0.485. The molecule has 1 amide bonds. The molecule has 0 saturated carbocycles. The van der Waals surface area contributed by atoms with Gasteiger partial charge in [-0.1, -0.05) is 0 Å². The number of carbonyl (C=O) groups is 1. The maximum absolute atomic E-state index is 13.3. The molecule has 2 N–H and O–H groups in total. The second kappa shape index (κ2) is 4.81. The highest BCUT2D eigenvalue weighted by molar-refractivity contribution is 5.90. The van der Waals surface area contributed by atoms with Crippen molar-refractivity contribution in [2.75, 3.05) is 18.0 Å². The first kappa shape index (κ1) is 13.8. The molecular formula is C14H19FN2O2. The van der Waals surface area contributed by atoms with Gasteiger partial charge in [0.05, 0.1) is 6.10 Å². The SMILES string of the molecule is CC(O)c1cc(F)ccc1N1CCNC(=O)C1(C)C. The van der Waals surface area contributed by atoms with Crippen LogP contribution in [0.25, 0.3) is 0 Å². The lowest BCUT2D eigenvalue weighted by Crippen LogP contribution is -2.62. The smallest absolute Gasteiger partial charge is 0.245 e. The molecule has 0 radical (unpaired) electrons. The van der Waals surface area contributed by atoms with E-state index in [1.54, 1.807) is 13.0 Å². The van der Waals surface area contributed by atoms with Gasteiger partial charge in [-0.05, 0) is 39.0 Å². The van der Waals surface area contributed by atoms with Crippen LogP contribution in [0.1, 0.15) is 32.4 Å². The molecule has 5 heteroatoms. The normalized spacial score (nSPS) is 20.1. The van der Waals surface area contributed by atoms with E-state index in [-0.39, 0.29) is 11.7 Å². The molecule has 1 unspecified atom stereocenters. The van der Waals surface area contributed by atoms with Gasteiger partial charge in [0.1, 0.15) is 11.4 Å². The van der Waals surface area contributed by atoms with Crippen molar-refractivity contribution in [3.8, 4) is 0 Å². The number of rotatable bonds is 2. The van der Waals surface area contributed by atoms with Crippen LogP contribution in [0, 0.1) is 5.82 Å². The fourth-order valence-corrected chi connectivity index (χ4v) is 2.43. The summed E-state index contributed by atoms with van der Waals surface area (Å²) in [4.78, 5) is 13.9. The van der Waals surface area contributed by atoms with Crippen LogP contribution in [0.2, 0.25) is 0 Å². The molecular weight excluding hydrogens is 247 g/mol. The van der Waals surface area contributed by atoms with E-state index in [1.165, 1.54) is 12.1 Å². The lowest BCUT2D eigenvalue weighted by Gasteiger charge is -2.43. The zero-order chi connectivity index (χ0) is 14.2. The van der Waals surface area contributed by atoms with Crippen LogP contribution in [-0.4, -0.2) is 29.6 Å². The number of carbonyl (C=O) groups excluding carboxylic acids is 1. The predicted octanol–water partition coefficient (Wildman–Crippen LogP) is 1.59. The Morgan fingerprint density at radius 1 is 1.47 bits per heavy atom. The number of halogens is 1. The van der Waals surface area contributed by atoms with Crippen LogP contribution < -0.4 is 10.2 Å². The van der Waals surface area contributed by atoms with E-state index in [0.717, 1.165) is 0 Å². The Kier molecular flexibility index (Phi) is 3.49. The fraction of sp³-hybridized carbons (Fsp3) is 0.500. The number of aliphatic hydroxyl groups is 1. The van der Waals surface area contributed by atoms with E-state index in [4.69, 9.17) is 0 Å². The number of aliphatic hydroxyl groups excluding tert-OH is 1. The largest absolute Gasteiger partial charge is 0.389 e. The molecule has 1 aromatic rings. The van der Waals surface area contributed by atoms with E-state index in [9.17, 15) is 14.3 Å². The molecule has 1 heterocycles. The Labute approximate surface area is 112 Å². The highest BCUT2D eigenvalue weighted by atomic mass is 19.1. The van der Waals surface area contributed by atoms with Gasteiger partial charge in [0, 0.05) is 24.3 Å². The molecule has 1 atom stereocenters. The molecule has 0 spiro atoms. The molecule has 0 bridgehead atoms. The average Bonchev–Trinajstić information content (AvgIpc) is 2.33. The number of piperazine rings is 1. The van der Waals surface area contributed by atoms with Gasteiger partial charge in [-0.3, -0.25) is 4.79 Å². The van der Waals surface area contributed by atoms with Gasteiger partial charge in [0.25, 0.3) is 0 Å². The van der Waals surface area contributed by atoms with Crippen molar-refractivity contribution in [1.29, 1.82) is 0 Å². The fourth-order valence-electron chi connectivity index (χ4n) is 2.43. The summed E-state index contributed by atoms with van der Waals surface area (Å²) in [6, 6.07) is 4.30. The molecule has 1 saturated heterocycles. The summed E-state index contributed by atoms with van der Waals surface area (Å²) < 4.78 is 13.3. The number of anilines is 1. The monoisotopic (exact) mass is 266 g/mol. The summed E-state index contributed by atoms with van der Waals surface area (Å²) in [5, 5.41) is 12.6. The summed E-state index contributed by atoms with van der Waals surface area (Å²) in [7, 11) is 0. The van der Waals surface area contributed by atoms with Crippen molar-refractivity contribution in [3.05, 3.63) is 29.6 Å². The van der Waals surface area contributed by atoms with Crippen LogP contribution >= 0.6 is 0 Å². The van der Waals surface area contributed by atoms with Gasteiger partial charge in [0.2, 0.25) is 5.91 Å². The van der Waals surface area contributed by atoms with Gasteiger partial charge in [-0.15, -0.1) is 0 Å². The highest BCUT2D eigenvalue weighted by Gasteiger charge is 2.38. The zero-order valence-corrected chi connectivity index (χ0v) is 11.4. The lowest BCUT2D eigenvalue weighted by molar-refractivity contribution is -0.126. The van der Waals surface area contributed by atoms with Crippen molar-refractivity contribution >= 4 is 11.6 Å². The second-order valence-corrected chi connectivity index (χ2v) is 5.35. The summed E-state index contributed by atoms with van der Waals surface area (Å²) in [6.07, 6.45) is -0.786. The number of nitrogens with one attached hydrogen (secondary N) is 1. The van der Waals surface area contributed by atoms with Gasteiger partial charge in [-0.25, -0.2) is 4.39 Å². The van der Waals surface area contributed by atoms with Crippen molar-refractivity contribution in [1.82, 2.24) is 5.32 Å². The molecule has 0 aliphatic carbocycles. The molecule has 19 heavy (non-hydrogen) atoms. The summed E-state index contributed by atoms with van der Waals surface area (Å²) >= 11 is 0. The Morgan fingerprint density at radius 2 is 2.16 bits per heavy atom. The van der Waals surface area contributed by atoms with Crippen LogP contribution in [0.4, 0.5) is 10.1 Å². The van der Waals surface area contributed by atoms with E-state index in [2.05, 4.69) is 5.32 Å². The molecule has 1 aliphatic heterocycles. The van der Waals surface area contributed by atoms with E-state index < -0.39 is 11.6 Å². The third kappa shape index (κ3) is 2.42. The van der Waals surface area contributed by atoms with Crippen LogP contribution in [0.3, 0.4) is 0 Å². The number of hydrogen-bond donors (Lipinski definition) is 2. The van der Waals surface area contributed by atoms with Gasteiger partial charge < -0.3 is 15.3 Å². The van der Waals surface area contributed by atoms with Crippen molar-refractivity contribution in [3.63, 3.8) is 0 Å². The van der Waals surface area contributed by atoms with Crippen LogP contribution in [-0.2, 0) is 4.79 Å². The van der Waals surface area contributed by atoms with E-state index in [0.29, 0.717) is 24.3 Å². The van der Waals surface area contributed by atoms with Crippen molar-refractivity contribution in [2.45, 2.75) is 32.4 Å². The number of benzene rings is 1. The Balaban J connectivity index is 2.49. The van der Waals surface area contributed by atoms with Crippen LogP contribution in [0.5, 0.6) is 0 Å². The Hall–Kier alpha value is -1.62. The molecule has 4 nitrogen and oxygen atoms in total.